The van der Waals surface area contributed by atoms with Crippen molar-refractivity contribution in [3.05, 3.63) is 59.6 Å². The average Bonchev–Trinajstić information content (AvgIpc) is 2.58. The van der Waals surface area contributed by atoms with E-state index >= 15 is 0 Å². The number of halogens is 1. The molecule has 1 heterocycles. The Morgan fingerprint density at radius 3 is 2.71 bits per heavy atom. The molecular weight excluding hydrogens is 346 g/mol. The standard InChI is InChI=1S/C18H14ClNO3S/c1-2-5-18(22)23-11-17(21)20-13-6-3-4-7-15(13)24-16-9-8-12(19)10-14(16)20/h2-10H,11H2,1H3/b5-2+. The van der Waals surface area contributed by atoms with Crippen molar-refractivity contribution in [2.24, 2.45) is 0 Å². The number of rotatable bonds is 3. The number of allylic oxidation sites excluding steroid dienone is 1. The lowest BCUT2D eigenvalue weighted by atomic mass is 10.2. The number of anilines is 2. The summed E-state index contributed by atoms with van der Waals surface area (Å²) in [5.41, 5.74) is 1.45. The first-order valence-electron chi connectivity index (χ1n) is 7.29. The van der Waals surface area contributed by atoms with E-state index in [1.54, 1.807) is 41.8 Å². The zero-order chi connectivity index (χ0) is 17.1. The minimum atomic E-state index is -0.545. The van der Waals surface area contributed by atoms with Crippen molar-refractivity contribution in [3.63, 3.8) is 0 Å². The van der Waals surface area contributed by atoms with Gasteiger partial charge in [-0.2, -0.15) is 0 Å². The Bertz CT molecular complexity index is 835. The highest BCUT2D eigenvalue weighted by Crippen LogP contribution is 2.48. The summed E-state index contributed by atoms with van der Waals surface area (Å²) >= 11 is 7.67. The molecule has 0 radical (unpaired) electrons. The molecule has 0 saturated carbocycles. The van der Waals surface area contributed by atoms with Gasteiger partial charge in [0.25, 0.3) is 5.91 Å². The highest BCUT2D eigenvalue weighted by atomic mass is 35.5. The second-order valence-electron chi connectivity index (χ2n) is 5.02. The predicted molar refractivity (Wildman–Crippen MR) is 94.9 cm³/mol. The summed E-state index contributed by atoms with van der Waals surface area (Å²) in [5.74, 6) is -0.874. The Balaban J connectivity index is 1.95. The zero-order valence-electron chi connectivity index (χ0n) is 12.9. The lowest BCUT2D eigenvalue weighted by molar-refractivity contribution is -0.142. The number of nitrogens with zero attached hydrogens (tertiary/aromatic N) is 1. The van der Waals surface area contributed by atoms with Gasteiger partial charge in [-0.1, -0.05) is 41.6 Å². The molecule has 0 spiro atoms. The van der Waals surface area contributed by atoms with Crippen molar-refractivity contribution >= 4 is 46.6 Å². The molecule has 0 N–H and O–H groups in total. The van der Waals surface area contributed by atoms with Crippen LogP contribution in [0.2, 0.25) is 5.02 Å². The number of benzene rings is 2. The Kier molecular flexibility index (Phi) is 4.92. The number of para-hydroxylation sites is 1. The highest BCUT2D eigenvalue weighted by molar-refractivity contribution is 7.99. The molecule has 0 bridgehead atoms. The first kappa shape index (κ1) is 16.6. The molecule has 6 heteroatoms. The summed E-state index contributed by atoms with van der Waals surface area (Å²) in [5, 5.41) is 0.539. The molecule has 0 aliphatic carbocycles. The van der Waals surface area contributed by atoms with Crippen molar-refractivity contribution in [1.29, 1.82) is 0 Å². The number of amides is 1. The van der Waals surface area contributed by atoms with Crippen LogP contribution in [0.5, 0.6) is 0 Å². The second-order valence-corrected chi connectivity index (χ2v) is 6.54. The largest absolute Gasteiger partial charge is 0.452 e. The van der Waals surface area contributed by atoms with Crippen LogP contribution in [0.25, 0.3) is 0 Å². The lowest BCUT2D eigenvalue weighted by Gasteiger charge is -2.31. The monoisotopic (exact) mass is 359 g/mol. The van der Waals surface area contributed by atoms with Gasteiger partial charge < -0.3 is 4.74 Å². The number of hydrogen-bond acceptors (Lipinski definition) is 4. The summed E-state index contributed by atoms with van der Waals surface area (Å²) in [7, 11) is 0. The molecule has 2 aromatic carbocycles. The van der Waals surface area contributed by atoms with Crippen LogP contribution < -0.4 is 4.90 Å². The minimum Gasteiger partial charge on any atom is -0.452 e. The maximum atomic E-state index is 12.7. The van der Waals surface area contributed by atoms with Crippen molar-refractivity contribution in [3.8, 4) is 0 Å². The van der Waals surface area contributed by atoms with Gasteiger partial charge in [-0.15, -0.1) is 0 Å². The van der Waals surface area contributed by atoms with Crippen LogP contribution >= 0.6 is 23.4 Å². The molecule has 1 aliphatic heterocycles. The smallest absolute Gasteiger partial charge is 0.330 e. The Morgan fingerprint density at radius 1 is 1.17 bits per heavy atom. The van der Waals surface area contributed by atoms with Gasteiger partial charge in [-0.05, 0) is 37.3 Å². The fourth-order valence-electron chi connectivity index (χ4n) is 2.38. The van der Waals surface area contributed by atoms with E-state index in [9.17, 15) is 9.59 Å². The molecule has 0 unspecified atom stereocenters. The minimum absolute atomic E-state index is 0.330. The van der Waals surface area contributed by atoms with E-state index < -0.39 is 5.97 Å². The van der Waals surface area contributed by atoms with Crippen molar-refractivity contribution in [2.75, 3.05) is 11.5 Å². The number of hydrogen-bond donors (Lipinski definition) is 0. The zero-order valence-corrected chi connectivity index (χ0v) is 14.4. The maximum absolute atomic E-state index is 12.7. The number of esters is 1. The van der Waals surface area contributed by atoms with Gasteiger partial charge in [0.2, 0.25) is 0 Å². The van der Waals surface area contributed by atoms with Crippen LogP contribution in [0.1, 0.15) is 6.92 Å². The molecule has 3 rings (SSSR count). The van der Waals surface area contributed by atoms with E-state index in [1.807, 2.05) is 30.3 Å². The summed E-state index contributed by atoms with van der Waals surface area (Å²) < 4.78 is 5.00. The molecule has 24 heavy (non-hydrogen) atoms. The van der Waals surface area contributed by atoms with E-state index in [0.717, 1.165) is 15.5 Å². The van der Waals surface area contributed by atoms with Crippen molar-refractivity contribution in [2.45, 2.75) is 16.7 Å². The number of ether oxygens (including phenoxy) is 1. The fraction of sp³-hybridized carbons (Fsp3) is 0.111. The fourth-order valence-corrected chi connectivity index (χ4v) is 3.58. The van der Waals surface area contributed by atoms with Gasteiger partial charge in [0.1, 0.15) is 0 Å². The summed E-state index contributed by atoms with van der Waals surface area (Å²) in [6, 6.07) is 13.0. The van der Waals surface area contributed by atoms with E-state index in [0.29, 0.717) is 10.7 Å². The van der Waals surface area contributed by atoms with Crippen molar-refractivity contribution in [1.82, 2.24) is 0 Å². The SMILES string of the molecule is C/C=C/C(=O)OCC(=O)N1c2ccccc2Sc2ccc(Cl)cc21. The Labute approximate surface area is 149 Å². The second kappa shape index (κ2) is 7.11. The van der Waals surface area contributed by atoms with Gasteiger partial charge in [0.05, 0.1) is 11.4 Å². The van der Waals surface area contributed by atoms with Crippen LogP contribution in [0.15, 0.2) is 64.4 Å². The molecule has 122 valence electrons. The molecule has 0 saturated heterocycles. The van der Waals surface area contributed by atoms with E-state index in [-0.39, 0.29) is 12.5 Å². The van der Waals surface area contributed by atoms with Gasteiger partial charge in [-0.3, -0.25) is 9.69 Å². The topological polar surface area (TPSA) is 46.6 Å². The third-order valence-corrected chi connectivity index (χ3v) is 4.74. The highest BCUT2D eigenvalue weighted by Gasteiger charge is 2.28. The van der Waals surface area contributed by atoms with Crippen molar-refractivity contribution < 1.29 is 14.3 Å². The molecule has 0 aromatic heterocycles. The summed E-state index contributed by atoms with van der Waals surface area (Å²) in [4.78, 5) is 27.6. The third kappa shape index (κ3) is 3.32. The first-order valence-corrected chi connectivity index (χ1v) is 8.48. The molecular formula is C18H14ClNO3S. The van der Waals surface area contributed by atoms with Gasteiger partial charge >= 0.3 is 5.97 Å². The number of carbonyl (C=O) groups excluding carboxylic acids is 2. The molecule has 4 nitrogen and oxygen atoms in total. The van der Waals surface area contributed by atoms with Crippen LogP contribution in [0.3, 0.4) is 0 Å². The normalized spacial score (nSPS) is 12.7. The molecule has 1 amide bonds. The van der Waals surface area contributed by atoms with E-state index in [2.05, 4.69) is 0 Å². The van der Waals surface area contributed by atoms with Crippen LogP contribution in [-0.2, 0) is 14.3 Å². The van der Waals surface area contributed by atoms with Gasteiger partial charge in [-0.25, -0.2) is 4.79 Å². The van der Waals surface area contributed by atoms with Gasteiger partial charge in [0, 0.05) is 20.9 Å². The Morgan fingerprint density at radius 2 is 1.92 bits per heavy atom. The molecule has 2 aromatic rings. The number of fused-ring (bicyclic) bond motifs is 2. The molecule has 0 fully saturated rings. The summed E-state index contributed by atoms with van der Waals surface area (Å²) in [6.07, 6.45) is 2.84. The maximum Gasteiger partial charge on any atom is 0.330 e. The summed E-state index contributed by atoms with van der Waals surface area (Å²) in [6.45, 7) is 1.37. The molecule has 0 atom stereocenters. The van der Waals surface area contributed by atoms with Crippen LogP contribution in [-0.4, -0.2) is 18.5 Å². The third-order valence-electron chi connectivity index (χ3n) is 3.38. The lowest BCUT2D eigenvalue weighted by Crippen LogP contribution is -2.32. The number of carbonyl (C=O) groups is 2. The van der Waals surface area contributed by atoms with E-state index in [4.69, 9.17) is 16.3 Å². The average molecular weight is 360 g/mol. The quantitative estimate of drug-likeness (QED) is 0.594. The van der Waals surface area contributed by atoms with Gasteiger partial charge in [0.15, 0.2) is 6.61 Å². The molecule has 1 aliphatic rings. The predicted octanol–water partition coefficient (Wildman–Crippen LogP) is 4.59. The Hall–Kier alpha value is -2.24. The van der Waals surface area contributed by atoms with Crippen LogP contribution in [0.4, 0.5) is 11.4 Å². The first-order chi connectivity index (χ1) is 11.6. The van der Waals surface area contributed by atoms with E-state index in [1.165, 1.54) is 6.08 Å². The van der Waals surface area contributed by atoms with Crippen LogP contribution in [0, 0.1) is 0 Å².